The number of esters is 1. The maximum Gasteiger partial charge on any atom is 0.305 e. The Hall–Kier alpha value is -1.06. The standard InChI is InChI=1S/C14H25NO3/c1-3-11-7-4-5-8-12(11)14(17)15-10-6-9-13(16)18-2/h11-12H,3-10H2,1-2H3,(H,15,17)/t11-,12+/m1/s1. The molecule has 0 unspecified atom stereocenters. The summed E-state index contributed by atoms with van der Waals surface area (Å²) in [5, 5.41) is 2.95. The second-order valence-electron chi connectivity index (χ2n) is 5.03. The molecule has 1 saturated carbocycles. The molecule has 0 aromatic carbocycles. The van der Waals surface area contributed by atoms with E-state index in [1.165, 1.54) is 20.0 Å². The molecular formula is C14H25NO3. The topological polar surface area (TPSA) is 55.4 Å². The molecule has 1 amide bonds. The number of carbonyl (C=O) groups excluding carboxylic acids is 2. The Kier molecular flexibility index (Phi) is 6.76. The van der Waals surface area contributed by atoms with Gasteiger partial charge < -0.3 is 10.1 Å². The van der Waals surface area contributed by atoms with Gasteiger partial charge in [-0.15, -0.1) is 0 Å². The Morgan fingerprint density at radius 3 is 2.67 bits per heavy atom. The van der Waals surface area contributed by atoms with Gasteiger partial charge >= 0.3 is 5.97 Å². The van der Waals surface area contributed by atoms with Gasteiger partial charge in [0, 0.05) is 18.9 Å². The fourth-order valence-electron chi connectivity index (χ4n) is 2.72. The predicted octanol–water partition coefficient (Wildman–Crippen LogP) is 2.27. The molecule has 1 rings (SSSR count). The minimum atomic E-state index is -0.214. The molecule has 0 aromatic heterocycles. The van der Waals surface area contributed by atoms with E-state index >= 15 is 0 Å². The number of rotatable bonds is 6. The van der Waals surface area contributed by atoms with Crippen LogP contribution >= 0.6 is 0 Å². The number of hydrogen-bond donors (Lipinski definition) is 1. The molecule has 0 aliphatic heterocycles. The van der Waals surface area contributed by atoms with E-state index in [-0.39, 0.29) is 17.8 Å². The van der Waals surface area contributed by atoms with Crippen LogP contribution in [0.5, 0.6) is 0 Å². The van der Waals surface area contributed by atoms with Crippen LogP contribution in [0.4, 0.5) is 0 Å². The minimum Gasteiger partial charge on any atom is -0.469 e. The maximum absolute atomic E-state index is 12.1. The lowest BCUT2D eigenvalue weighted by Crippen LogP contribution is -2.37. The van der Waals surface area contributed by atoms with Crippen molar-refractivity contribution in [3.8, 4) is 0 Å². The fraction of sp³-hybridized carbons (Fsp3) is 0.857. The van der Waals surface area contributed by atoms with Crippen molar-refractivity contribution in [2.75, 3.05) is 13.7 Å². The Bertz CT molecular complexity index is 278. The molecular weight excluding hydrogens is 230 g/mol. The molecule has 1 aliphatic rings. The van der Waals surface area contributed by atoms with Crippen molar-refractivity contribution in [3.63, 3.8) is 0 Å². The highest BCUT2D eigenvalue weighted by Gasteiger charge is 2.29. The zero-order valence-electron chi connectivity index (χ0n) is 11.5. The van der Waals surface area contributed by atoms with Crippen LogP contribution in [-0.2, 0) is 14.3 Å². The molecule has 0 heterocycles. The largest absolute Gasteiger partial charge is 0.469 e. The van der Waals surface area contributed by atoms with Gasteiger partial charge in [0.1, 0.15) is 0 Å². The lowest BCUT2D eigenvalue weighted by atomic mass is 9.77. The van der Waals surface area contributed by atoms with Gasteiger partial charge in [-0.2, -0.15) is 0 Å². The zero-order chi connectivity index (χ0) is 13.4. The summed E-state index contributed by atoms with van der Waals surface area (Å²) in [7, 11) is 1.38. The number of nitrogens with one attached hydrogen (secondary N) is 1. The second kappa shape index (κ2) is 8.11. The number of amides is 1. The summed E-state index contributed by atoms with van der Waals surface area (Å²) in [6, 6.07) is 0. The average Bonchev–Trinajstić information content (AvgIpc) is 2.42. The first-order chi connectivity index (χ1) is 8.69. The van der Waals surface area contributed by atoms with Crippen LogP contribution in [0.2, 0.25) is 0 Å². The van der Waals surface area contributed by atoms with Gasteiger partial charge in [-0.05, 0) is 25.2 Å². The van der Waals surface area contributed by atoms with Gasteiger partial charge in [0.15, 0.2) is 0 Å². The average molecular weight is 255 g/mol. The summed E-state index contributed by atoms with van der Waals surface area (Å²) in [6.07, 6.45) is 6.72. The number of hydrogen-bond acceptors (Lipinski definition) is 3. The van der Waals surface area contributed by atoms with Gasteiger partial charge in [-0.25, -0.2) is 0 Å². The quantitative estimate of drug-likeness (QED) is 0.585. The molecule has 104 valence electrons. The highest BCUT2D eigenvalue weighted by Crippen LogP contribution is 2.32. The van der Waals surface area contributed by atoms with Crippen LogP contribution in [-0.4, -0.2) is 25.5 Å². The monoisotopic (exact) mass is 255 g/mol. The summed E-state index contributed by atoms with van der Waals surface area (Å²) >= 11 is 0. The summed E-state index contributed by atoms with van der Waals surface area (Å²) in [6.45, 7) is 2.73. The van der Waals surface area contributed by atoms with E-state index in [9.17, 15) is 9.59 Å². The Labute approximate surface area is 109 Å². The third-order valence-corrected chi connectivity index (χ3v) is 3.85. The predicted molar refractivity (Wildman–Crippen MR) is 70.0 cm³/mol. The van der Waals surface area contributed by atoms with Crippen molar-refractivity contribution in [2.45, 2.75) is 51.9 Å². The molecule has 0 radical (unpaired) electrons. The Balaban J connectivity index is 2.24. The smallest absolute Gasteiger partial charge is 0.305 e. The first kappa shape index (κ1) is 15.0. The summed E-state index contributed by atoms with van der Waals surface area (Å²) in [5.41, 5.74) is 0. The fourth-order valence-corrected chi connectivity index (χ4v) is 2.72. The van der Waals surface area contributed by atoms with Gasteiger partial charge in [-0.3, -0.25) is 9.59 Å². The molecule has 0 spiro atoms. The van der Waals surface area contributed by atoms with Gasteiger partial charge in [0.2, 0.25) is 5.91 Å². The molecule has 4 heteroatoms. The molecule has 1 N–H and O–H groups in total. The normalized spacial score (nSPS) is 23.4. The van der Waals surface area contributed by atoms with Crippen molar-refractivity contribution >= 4 is 11.9 Å². The molecule has 1 aliphatic carbocycles. The van der Waals surface area contributed by atoms with E-state index in [0.29, 0.717) is 25.3 Å². The van der Waals surface area contributed by atoms with Crippen molar-refractivity contribution in [3.05, 3.63) is 0 Å². The number of methoxy groups -OCH3 is 1. The van der Waals surface area contributed by atoms with Crippen molar-refractivity contribution < 1.29 is 14.3 Å². The third kappa shape index (κ3) is 4.67. The highest BCUT2D eigenvalue weighted by atomic mass is 16.5. The maximum atomic E-state index is 12.1. The molecule has 2 atom stereocenters. The van der Waals surface area contributed by atoms with Gasteiger partial charge in [0.25, 0.3) is 0 Å². The molecule has 0 saturated heterocycles. The Morgan fingerprint density at radius 1 is 1.28 bits per heavy atom. The van der Waals surface area contributed by atoms with E-state index in [1.807, 2.05) is 0 Å². The SMILES string of the molecule is CC[C@@H]1CCCC[C@@H]1C(=O)NCCCC(=O)OC. The molecule has 0 bridgehead atoms. The van der Waals surface area contributed by atoms with Crippen LogP contribution in [0, 0.1) is 11.8 Å². The minimum absolute atomic E-state index is 0.173. The van der Waals surface area contributed by atoms with E-state index in [4.69, 9.17) is 0 Å². The van der Waals surface area contributed by atoms with Crippen LogP contribution in [0.1, 0.15) is 51.9 Å². The lowest BCUT2D eigenvalue weighted by Gasteiger charge is -2.29. The van der Waals surface area contributed by atoms with Crippen molar-refractivity contribution in [1.82, 2.24) is 5.32 Å². The highest BCUT2D eigenvalue weighted by molar-refractivity contribution is 5.79. The third-order valence-electron chi connectivity index (χ3n) is 3.85. The first-order valence-electron chi connectivity index (χ1n) is 7.03. The van der Waals surface area contributed by atoms with Crippen LogP contribution in [0.25, 0.3) is 0 Å². The first-order valence-corrected chi connectivity index (χ1v) is 7.03. The van der Waals surface area contributed by atoms with E-state index < -0.39 is 0 Å². The van der Waals surface area contributed by atoms with Crippen LogP contribution < -0.4 is 5.32 Å². The second-order valence-corrected chi connectivity index (χ2v) is 5.03. The van der Waals surface area contributed by atoms with Crippen molar-refractivity contribution in [1.29, 1.82) is 0 Å². The zero-order valence-corrected chi connectivity index (χ0v) is 11.5. The van der Waals surface area contributed by atoms with Gasteiger partial charge in [-0.1, -0.05) is 26.2 Å². The van der Waals surface area contributed by atoms with Gasteiger partial charge in [0.05, 0.1) is 7.11 Å². The van der Waals surface area contributed by atoms with E-state index in [2.05, 4.69) is 17.0 Å². The summed E-state index contributed by atoms with van der Waals surface area (Å²) < 4.78 is 4.56. The lowest BCUT2D eigenvalue weighted by molar-refractivity contribution is -0.141. The Morgan fingerprint density at radius 2 is 2.00 bits per heavy atom. The molecule has 18 heavy (non-hydrogen) atoms. The van der Waals surface area contributed by atoms with Crippen LogP contribution in [0.3, 0.4) is 0 Å². The number of ether oxygens (including phenoxy) is 1. The molecule has 4 nitrogen and oxygen atoms in total. The molecule has 0 aromatic rings. The van der Waals surface area contributed by atoms with E-state index in [1.54, 1.807) is 0 Å². The van der Waals surface area contributed by atoms with Crippen LogP contribution in [0.15, 0.2) is 0 Å². The van der Waals surface area contributed by atoms with Crippen molar-refractivity contribution in [2.24, 2.45) is 11.8 Å². The summed E-state index contributed by atoms with van der Waals surface area (Å²) in [4.78, 5) is 23.0. The number of carbonyl (C=O) groups is 2. The summed E-state index contributed by atoms with van der Waals surface area (Å²) in [5.74, 6) is 0.681. The molecule has 1 fully saturated rings. The van der Waals surface area contributed by atoms with E-state index in [0.717, 1.165) is 19.3 Å².